The lowest BCUT2D eigenvalue weighted by atomic mass is 9.70. The van der Waals surface area contributed by atoms with Crippen LogP contribution in [0.5, 0.6) is 0 Å². The molecule has 0 rings (SSSR count). The molecule has 0 heterocycles. The van der Waals surface area contributed by atoms with E-state index in [4.69, 9.17) is 10.5 Å². The van der Waals surface area contributed by atoms with Gasteiger partial charge in [-0.3, -0.25) is 0 Å². The third-order valence-electron chi connectivity index (χ3n) is 2.53. The Balaban J connectivity index is 5.35. The maximum atomic E-state index is 11.9. The van der Waals surface area contributed by atoms with Gasteiger partial charge in [-0.2, -0.15) is 0 Å². The zero-order valence-electron chi connectivity index (χ0n) is 12.3. The molecule has 0 aromatic heterocycles. The minimum atomic E-state index is -0.254. The third kappa shape index (κ3) is 4.90. The second-order valence-corrected chi connectivity index (χ2v) is 6.42. The van der Waals surface area contributed by atoms with E-state index in [-0.39, 0.29) is 23.4 Å². The summed E-state index contributed by atoms with van der Waals surface area (Å²) in [6, 6.07) is 0. The second-order valence-electron chi connectivity index (χ2n) is 6.42. The van der Waals surface area contributed by atoms with E-state index in [1.165, 1.54) is 0 Å². The van der Waals surface area contributed by atoms with Crippen molar-refractivity contribution in [3.8, 4) is 0 Å². The SMILES string of the molecule is CC(C(=O)OCCN)=C(C(C)(C)C)C(C)(C)C. The number of hydrogen-bond acceptors (Lipinski definition) is 3. The molecule has 0 aliphatic heterocycles. The van der Waals surface area contributed by atoms with Gasteiger partial charge in [0.05, 0.1) is 0 Å². The normalized spacial score (nSPS) is 12.2. The maximum Gasteiger partial charge on any atom is 0.333 e. The molecular formula is C14H27NO2. The summed E-state index contributed by atoms with van der Waals surface area (Å²) >= 11 is 0. The highest BCUT2D eigenvalue weighted by Crippen LogP contribution is 2.41. The van der Waals surface area contributed by atoms with Crippen LogP contribution >= 0.6 is 0 Å². The fourth-order valence-electron chi connectivity index (χ4n) is 2.61. The summed E-state index contributed by atoms with van der Waals surface area (Å²) in [6.45, 7) is 15.2. The van der Waals surface area contributed by atoms with Crippen LogP contribution < -0.4 is 5.73 Å². The zero-order chi connectivity index (χ0) is 13.9. The van der Waals surface area contributed by atoms with Crippen molar-refractivity contribution in [1.29, 1.82) is 0 Å². The van der Waals surface area contributed by atoms with E-state index < -0.39 is 0 Å². The summed E-state index contributed by atoms with van der Waals surface area (Å²) in [5.74, 6) is -0.254. The molecule has 0 bridgehead atoms. The maximum absolute atomic E-state index is 11.9. The van der Waals surface area contributed by atoms with E-state index in [1.54, 1.807) is 0 Å². The lowest BCUT2D eigenvalue weighted by Crippen LogP contribution is -2.27. The van der Waals surface area contributed by atoms with Crippen molar-refractivity contribution in [2.75, 3.05) is 13.2 Å². The predicted molar refractivity (Wildman–Crippen MR) is 71.6 cm³/mol. The number of hydrogen-bond donors (Lipinski definition) is 1. The minimum absolute atomic E-state index is 0.0515. The molecular weight excluding hydrogens is 214 g/mol. The molecule has 0 amide bonds. The first-order valence-electron chi connectivity index (χ1n) is 6.11. The van der Waals surface area contributed by atoms with Crippen LogP contribution in [0.25, 0.3) is 0 Å². The first-order chi connectivity index (χ1) is 7.51. The van der Waals surface area contributed by atoms with Crippen LogP contribution in [0.15, 0.2) is 11.1 Å². The summed E-state index contributed by atoms with van der Waals surface area (Å²) in [7, 11) is 0. The predicted octanol–water partition coefficient (Wildman–Crippen LogP) is 2.90. The van der Waals surface area contributed by atoms with Gasteiger partial charge in [0, 0.05) is 12.1 Å². The summed E-state index contributed by atoms with van der Waals surface area (Å²) in [6.07, 6.45) is 0. The molecule has 0 aromatic carbocycles. The number of rotatable bonds is 3. The van der Waals surface area contributed by atoms with Gasteiger partial charge in [0.1, 0.15) is 6.61 Å². The molecule has 0 aliphatic carbocycles. The van der Waals surface area contributed by atoms with Gasteiger partial charge < -0.3 is 10.5 Å². The summed E-state index contributed by atoms with van der Waals surface area (Å²) in [4.78, 5) is 11.9. The molecule has 0 atom stereocenters. The Morgan fingerprint density at radius 3 is 1.76 bits per heavy atom. The fraction of sp³-hybridized carbons (Fsp3) is 0.786. The quantitative estimate of drug-likeness (QED) is 0.610. The van der Waals surface area contributed by atoms with E-state index in [2.05, 4.69) is 41.5 Å². The molecule has 0 aromatic rings. The highest BCUT2D eigenvalue weighted by molar-refractivity contribution is 5.89. The number of ether oxygens (including phenoxy) is 1. The van der Waals surface area contributed by atoms with Gasteiger partial charge in [0.2, 0.25) is 0 Å². The topological polar surface area (TPSA) is 52.3 Å². The van der Waals surface area contributed by atoms with Crippen LogP contribution in [-0.2, 0) is 9.53 Å². The average molecular weight is 241 g/mol. The van der Waals surface area contributed by atoms with Crippen LogP contribution in [0, 0.1) is 10.8 Å². The van der Waals surface area contributed by atoms with Crippen molar-refractivity contribution in [2.24, 2.45) is 16.6 Å². The van der Waals surface area contributed by atoms with Crippen LogP contribution in [-0.4, -0.2) is 19.1 Å². The highest BCUT2D eigenvalue weighted by atomic mass is 16.5. The Kier molecular flexibility index (Phi) is 5.40. The molecule has 17 heavy (non-hydrogen) atoms. The number of esters is 1. The average Bonchev–Trinajstić information content (AvgIpc) is 2.09. The fourth-order valence-corrected chi connectivity index (χ4v) is 2.61. The molecule has 0 radical (unpaired) electrons. The van der Waals surface area contributed by atoms with Crippen molar-refractivity contribution in [2.45, 2.75) is 48.5 Å². The Morgan fingerprint density at radius 1 is 1.06 bits per heavy atom. The first-order valence-corrected chi connectivity index (χ1v) is 6.11. The molecule has 100 valence electrons. The lowest BCUT2D eigenvalue weighted by Gasteiger charge is -2.35. The number of carbonyl (C=O) groups excluding carboxylic acids is 1. The second kappa shape index (κ2) is 5.67. The smallest absolute Gasteiger partial charge is 0.333 e. The molecule has 0 unspecified atom stereocenters. The standard InChI is InChI=1S/C14H27NO2/c1-10(12(16)17-9-8-15)11(13(2,3)4)14(5,6)7/h8-9,15H2,1-7H3. The lowest BCUT2D eigenvalue weighted by molar-refractivity contribution is -0.138. The van der Waals surface area contributed by atoms with Gasteiger partial charge >= 0.3 is 5.97 Å². The monoisotopic (exact) mass is 241 g/mol. The van der Waals surface area contributed by atoms with E-state index in [0.29, 0.717) is 12.1 Å². The van der Waals surface area contributed by atoms with Crippen molar-refractivity contribution in [3.63, 3.8) is 0 Å². The first kappa shape index (κ1) is 16.2. The van der Waals surface area contributed by atoms with Gasteiger partial charge in [0.15, 0.2) is 0 Å². The molecule has 3 nitrogen and oxygen atoms in total. The zero-order valence-corrected chi connectivity index (χ0v) is 12.3. The summed E-state index contributed by atoms with van der Waals surface area (Å²) < 4.78 is 5.10. The van der Waals surface area contributed by atoms with Crippen LogP contribution in [0.1, 0.15) is 48.5 Å². The molecule has 3 heteroatoms. The van der Waals surface area contributed by atoms with Crippen LogP contribution in [0.2, 0.25) is 0 Å². The highest BCUT2D eigenvalue weighted by Gasteiger charge is 2.32. The van der Waals surface area contributed by atoms with Crippen molar-refractivity contribution >= 4 is 5.97 Å². The number of nitrogens with two attached hydrogens (primary N) is 1. The van der Waals surface area contributed by atoms with Crippen LogP contribution in [0.3, 0.4) is 0 Å². The Morgan fingerprint density at radius 2 is 1.47 bits per heavy atom. The van der Waals surface area contributed by atoms with Gasteiger partial charge in [-0.1, -0.05) is 41.5 Å². The van der Waals surface area contributed by atoms with Gasteiger partial charge in [-0.25, -0.2) is 4.79 Å². The largest absolute Gasteiger partial charge is 0.461 e. The molecule has 0 aliphatic rings. The van der Waals surface area contributed by atoms with Crippen molar-refractivity contribution in [3.05, 3.63) is 11.1 Å². The van der Waals surface area contributed by atoms with E-state index in [1.807, 2.05) is 6.92 Å². The number of carbonyl (C=O) groups is 1. The number of allylic oxidation sites excluding steroid dienone is 1. The summed E-state index contributed by atoms with van der Waals surface area (Å²) in [5.41, 5.74) is 7.07. The molecule has 2 N–H and O–H groups in total. The van der Waals surface area contributed by atoms with Crippen molar-refractivity contribution < 1.29 is 9.53 Å². The van der Waals surface area contributed by atoms with Crippen LogP contribution in [0.4, 0.5) is 0 Å². The van der Waals surface area contributed by atoms with E-state index in [0.717, 1.165) is 5.57 Å². The minimum Gasteiger partial charge on any atom is -0.461 e. The summed E-state index contributed by atoms with van der Waals surface area (Å²) in [5, 5.41) is 0. The third-order valence-corrected chi connectivity index (χ3v) is 2.53. The Labute approximate surface area is 105 Å². The van der Waals surface area contributed by atoms with E-state index >= 15 is 0 Å². The van der Waals surface area contributed by atoms with E-state index in [9.17, 15) is 4.79 Å². The molecule has 0 saturated carbocycles. The Bertz CT molecular complexity index is 287. The molecule has 0 spiro atoms. The van der Waals surface area contributed by atoms with Gasteiger partial charge in [-0.15, -0.1) is 0 Å². The van der Waals surface area contributed by atoms with Gasteiger partial charge in [-0.05, 0) is 23.3 Å². The Hall–Kier alpha value is -0.830. The van der Waals surface area contributed by atoms with Crippen molar-refractivity contribution in [1.82, 2.24) is 0 Å². The molecule has 0 fully saturated rings. The molecule has 0 saturated heterocycles. The van der Waals surface area contributed by atoms with Gasteiger partial charge in [0.25, 0.3) is 0 Å².